The topological polar surface area (TPSA) is 119 Å². The van der Waals surface area contributed by atoms with Gasteiger partial charge < -0.3 is 38.3 Å². The summed E-state index contributed by atoms with van der Waals surface area (Å²) in [4.78, 5) is 24.1. The van der Waals surface area contributed by atoms with Gasteiger partial charge >= 0.3 is 12.1 Å². The van der Waals surface area contributed by atoms with Gasteiger partial charge in [-0.05, 0) is 19.4 Å². The van der Waals surface area contributed by atoms with Crippen LogP contribution in [0.3, 0.4) is 0 Å². The van der Waals surface area contributed by atoms with Crippen molar-refractivity contribution in [1.82, 2.24) is 0 Å². The van der Waals surface area contributed by atoms with Crippen LogP contribution in [0.25, 0.3) is 0 Å². The van der Waals surface area contributed by atoms with Crippen molar-refractivity contribution < 1.29 is 47.9 Å². The molecular weight excluding hydrogens is 424 g/mol. The molecule has 0 aliphatic heterocycles. The number of hydrogen-bond acceptors (Lipinski definition) is 10. The molecule has 1 aromatic rings. The Morgan fingerprint density at radius 1 is 0.938 bits per heavy atom. The van der Waals surface area contributed by atoms with Gasteiger partial charge in [0.1, 0.15) is 25.2 Å². The largest absolute Gasteiger partial charge is 0.508 e. The van der Waals surface area contributed by atoms with E-state index in [-0.39, 0.29) is 26.4 Å². The smallest absolute Gasteiger partial charge is 0.460 e. The minimum atomic E-state index is -1.40. The normalized spacial score (nSPS) is 13.8. The fraction of sp³-hybridized carbons (Fsp3) is 0.636. The van der Waals surface area contributed by atoms with Crippen molar-refractivity contribution in [1.29, 1.82) is 0 Å². The van der Waals surface area contributed by atoms with Crippen molar-refractivity contribution in [2.45, 2.75) is 26.7 Å². The maximum absolute atomic E-state index is 12.3. The van der Waals surface area contributed by atoms with E-state index in [2.05, 4.69) is 0 Å². The lowest BCUT2D eigenvalue weighted by atomic mass is 9.93. The molecule has 0 radical (unpaired) electrons. The molecule has 0 amide bonds. The molecule has 0 heterocycles. The third-order valence-electron chi connectivity index (χ3n) is 4.23. The van der Waals surface area contributed by atoms with Crippen molar-refractivity contribution in [2.75, 3.05) is 60.0 Å². The number of benzene rings is 1. The Hall–Kier alpha value is -2.24. The van der Waals surface area contributed by atoms with E-state index in [0.717, 1.165) is 5.56 Å². The third kappa shape index (κ3) is 12.0. The molecule has 2 unspecified atom stereocenters. The second-order valence-corrected chi connectivity index (χ2v) is 7.08. The van der Waals surface area contributed by atoms with Crippen LogP contribution in [0.15, 0.2) is 30.3 Å². The van der Waals surface area contributed by atoms with Crippen molar-refractivity contribution in [3.63, 3.8) is 0 Å². The first-order valence-corrected chi connectivity index (χ1v) is 10.3. The van der Waals surface area contributed by atoms with Crippen molar-refractivity contribution in [3.8, 4) is 0 Å². The van der Waals surface area contributed by atoms with E-state index in [0.29, 0.717) is 26.4 Å². The van der Waals surface area contributed by atoms with Gasteiger partial charge in [-0.1, -0.05) is 30.3 Å². The molecule has 32 heavy (non-hydrogen) atoms. The van der Waals surface area contributed by atoms with Gasteiger partial charge in [0.15, 0.2) is 6.29 Å². The van der Waals surface area contributed by atoms with E-state index in [1.807, 2.05) is 30.3 Å². The molecule has 0 spiro atoms. The number of methoxy groups -OCH3 is 1. The molecule has 10 heteroatoms. The molecule has 1 N–H and O–H groups in total. The SMILES string of the molecule is COCCOCCOC(C)OCCOC(=O)OCC(C)(CO)C(=O)OCc1ccccc1. The molecule has 0 fully saturated rings. The zero-order valence-electron chi connectivity index (χ0n) is 18.9. The summed E-state index contributed by atoms with van der Waals surface area (Å²) in [7, 11) is 1.60. The average Bonchev–Trinajstić information content (AvgIpc) is 2.81. The number of carbonyl (C=O) groups excluding carboxylic acids is 2. The Labute approximate surface area is 188 Å². The van der Waals surface area contributed by atoms with Crippen LogP contribution < -0.4 is 0 Å². The Morgan fingerprint density at radius 2 is 1.59 bits per heavy atom. The molecule has 182 valence electrons. The van der Waals surface area contributed by atoms with E-state index in [1.165, 1.54) is 6.92 Å². The standard InChI is InChI=1S/C22H34O10/c1-18(28-12-11-27-10-9-26-3)29-13-14-30-21(25)32-17-22(2,16-23)20(24)31-15-19-7-5-4-6-8-19/h4-8,18,23H,9-17H2,1-3H3. The van der Waals surface area contributed by atoms with E-state index in [9.17, 15) is 14.7 Å². The second-order valence-electron chi connectivity index (χ2n) is 7.08. The van der Waals surface area contributed by atoms with Gasteiger partial charge in [0.05, 0.1) is 39.6 Å². The predicted molar refractivity (Wildman–Crippen MR) is 113 cm³/mol. The lowest BCUT2D eigenvalue weighted by Gasteiger charge is -2.24. The maximum atomic E-state index is 12.3. The summed E-state index contributed by atoms with van der Waals surface area (Å²) in [6, 6.07) is 9.11. The summed E-state index contributed by atoms with van der Waals surface area (Å²) in [6.45, 7) is 4.07. The molecule has 1 aromatic carbocycles. The number of rotatable bonds is 17. The van der Waals surface area contributed by atoms with Crippen LogP contribution >= 0.6 is 0 Å². The van der Waals surface area contributed by atoms with E-state index in [1.54, 1.807) is 14.0 Å². The molecule has 10 nitrogen and oxygen atoms in total. The van der Waals surface area contributed by atoms with Gasteiger partial charge in [-0.2, -0.15) is 0 Å². The number of ether oxygens (including phenoxy) is 7. The minimum Gasteiger partial charge on any atom is -0.460 e. The molecule has 0 saturated heterocycles. The second kappa shape index (κ2) is 16.4. The Kier molecular flexibility index (Phi) is 14.2. The van der Waals surface area contributed by atoms with Crippen LogP contribution in [0.2, 0.25) is 0 Å². The molecule has 0 aliphatic rings. The molecule has 0 saturated carbocycles. The predicted octanol–water partition coefficient (Wildman–Crippen LogP) is 1.92. The summed E-state index contributed by atoms with van der Waals surface area (Å²) < 4.78 is 35.9. The molecule has 0 aliphatic carbocycles. The Bertz CT molecular complexity index is 639. The molecule has 1 rings (SSSR count). The highest BCUT2D eigenvalue weighted by atomic mass is 16.7. The van der Waals surface area contributed by atoms with E-state index >= 15 is 0 Å². The number of hydrogen-bond donors (Lipinski definition) is 1. The van der Waals surface area contributed by atoms with Gasteiger partial charge in [0.2, 0.25) is 0 Å². The van der Waals surface area contributed by atoms with Crippen LogP contribution in [0.1, 0.15) is 19.4 Å². The van der Waals surface area contributed by atoms with Crippen molar-refractivity contribution in [3.05, 3.63) is 35.9 Å². The van der Waals surface area contributed by atoms with Crippen LogP contribution in [0.4, 0.5) is 4.79 Å². The van der Waals surface area contributed by atoms with Gasteiger partial charge in [-0.3, -0.25) is 4.79 Å². The summed E-state index contributed by atoms with van der Waals surface area (Å²) in [5, 5.41) is 9.59. The third-order valence-corrected chi connectivity index (χ3v) is 4.23. The highest BCUT2D eigenvalue weighted by Crippen LogP contribution is 2.19. The first kappa shape index (κ1) is 27.8. The zero-order chi connectivity index (χ0) is 23.7. The molecular formula is C22H34O10. The highest BCUT2D eigenvalue weighted by molar-refractivity contribution is 5.77. The Morgan fingerprint density at radius 3 is 2.25 bits per heavy atom. The molecule has 0 bridgehead atoms. The molecule has 2 atom stereocenters. The quantitative estimate of drug-likeness (QED) is 0.211. The van der Waals surface area contributed by atoms with Crippen LogP contribution in [0, 0.1) is 5.41 Å². The van der Waals surface area contributed by atoms with Crippen LogP contribution in [0.5, 0.6) is 0 Å². The fourth-order valence-corrected chi connectivity index (χ4v) is 2.23. The summed E-state index contributed by atoms with van der Waals surface area (Å²) in [5.41, 5.74) is -0.601. The first-order chi connectivity index (χ1) is 15.4. The van der Waals surface area contributed by atoms with Gasteiger partial charge in [0, 0.05) is 7.11 Å². The fourth-order valence-electron chi connectivity index (χ4n) is 2.23. The van der Waals surface area contributed by atoms with E-state index in [4.69, 9.17) is 33.2 Å². The van der Waals surface area contributed by atoms with Gasteiger partial charge in [0.25, 0.3) is 0 Å². The molecule has 0 aromatic heterocycles. The Balaban J connectivity index is 2.18. The number of aliphatic hydroxyl groups is 1. The summed E-state index contributed by atoms with van der Waals surface area (Å²) >= 11 is 0. The lowest BCUT2D eigenvalue weighted by molar-refractivity contribution is -0.162. The highest BCUT2D eigenvalue weighted by Gasteiger charge is 2.36. The number of carbonyl (C=O) groups is 2. The van der Waals surface area contributed by atoms with Crippen LogP contribution in [-0.4, -0.2) is 83.5 Å². The summed E-state index contributed by atoms with van der Waals surface area (Å²) in [5.74, 6) is -0.683. The monoisotopic (exact) mass is 458 g/mol. The van der Waals surface area contributed by atoms with Crippen molar-refractivity contribution in [2.24, 2.45) is 5.41 Å². The lowest BCUT2D eigenvalue weighted by Crippen LogP contribution is -2.39. The van der Waals surface area contributed by atoms with E-state index < -0.39 is 30.4 Å². The summed E-state index contributed by atoms with van der Waals surface area (Å²) in [6.07, 6.45) is -1.48. The van der Waals surface area contributed by atoms with Crippen molar-refractivity contribution >= 4 is 12.1 Å². The minimum absolute atomic E-state index is 0.0522. The zero-order valence-corrected chi connectivity index (χ0v) is 18.9. The van der Waals surface area contributed by atoms with Gasteiger partial charge in [-0.15, -0.1) is 0 Å². The number of esters is 1. The van der Waals surface area contributed by atoms with Crippen LogP contribution in [-0.2, 0) is 44.6 Å². The number of aliphatic hydroxyl groups excluding tert-OH is 1. The maximum Gasteiger partial charge on any atom is 0.508 e. The van der Waals surface area contributed by atoms with Gasteiger partial charge in [-0.25, -0.2) is 4.79 Å². The average molecular weight is 459 g/mol. The first-order valence-electron chi connectivity index (χ1n) is 10.3.